The largest absolute Gasteiger partial charge is 0.360 e. The number of nitrogens with one attached hydrogen (secondary N) is 2. The highest BCUT2D eigenvalue weighted by molar-refractivity contribution is 5.99. The predicted molar refractivity (Wildman–Crippen MR) is 113 cm³/mol. The summed E-state index contributed by atoms with van der Waals surface area (Å²) >= 11 is 0. The van der Waals surface area contributed by atoms with Crippen molar-refractivity contribution < 1.29 is 23.4 Å². The summed E-state index contributed by atoms with van der Waals surface area (Å²) in [5, 5.41) is 6.39. The molecule has 1 aromatic heterocycles. The first-order chi connectivity index (χ1) is 14.3. The highest BCUT2D eigenvalue weighted by atomic mass is 19.1. The Balaban J connectivity index is 2.10. The topological polar surface area (TPSA) is 79.9 Å². The summed E-state index contributed by atoms with van der Waals surface area (Å²) < 4.78 is 18.6. The van der Waals surface area contributed by atoms with Crippen LogP contribution in [0.15, 0.2) is 34.9 Å². The van der Waals surface area contributed by atoms with Crippen LogP contribution in [0.2, 0.25) is 0 Å². The zero-order valence-corrected chi connectivity index (χ0v) is 18.2. The van der Waals surface area contributed by atoms with Crippen LogP contribution in [0.5, 0.6) is 0 Å². The van der Waals surface area contributed by atoms with Crippen LogP contribution >= 0.6 is 0 Å². The van der Waals surface area contributed by atoms with Gasteiger partial charge in [0, 0.05) is 17.7 Å². The van der Waals surface area contributed by atoms with Crippen LogP contribution in [0.4, 0.5) is 10.2 Å². The Morgan fingerprint density at radius 3 is 2.60 bits per heavy atom. The van der Waals surface area contributed by atoms with Gasteiger partial charge in [-0.2, -0.15) is 0 Å². The molecule has 2 rings (SSSR count). The Hall–Kier alpha value is -2.74. The lowest BCUT2D eigenvalue weighted by atomic mass is 10.1. The maximum Gasteiger partial charge on any atom is 0.254 e. The molecule has 0 aliphatic heterocycles. The van der Waals surface area contributed by atoms with Crippen molar-refractivity contribution >= 4 is 17.6 Å². The van der Waals surface area contributed by atoms with Gasteiger partial charge in [-0.15, -0.1) is 0 Å². The molecule has 1 atom stereocenters. The maximum atomic E-state index is 13.6. The number of anilines is 1. The van der Waals surface area contributed by atoms with Gasteiger partial charge in [0.05, 0.1) is 19.6 Å². The Morgan fingerprint density at radius 1 is 1.27 bits per heavy atom. The van der Waals surface area contributed by atoms with Gasteiger partial charge in [-0.25, -0.2) is 4.39 Å². The average Bonchev–Trinajstić information content (AvgIpc) is 3.13. The third-order valence-electron chi connectivity index (χ3n) is 5.23. The number of aryl methyl sites for hydroxylation is 1. The highest BCUT2D eigenvalue weighted by Gasteiger charge is 2.25. The van der Waals surface area contributed by atoms with Crippen LogP contribution in [0.25, 0.3) is 0 Å². The fourth-order valence-corrected chi connectivity index (χ4v) is 3.38. The fourth-order valence-electron chi connectivity index (χ4n) is 3.38. The summed E-state index contributed by atoms with van der Waals surface area (Å²) in [6, 6.07) is 6.96. The fraction of sp³-hybridized carbons (Fsp3) is 0.500. The molecule has 30 heavy (non-hydrogen) atoms. The second-order valence-electron chi connectivity index (χ2n) is 7.51. The van der Waals surface area contributed by atoms with E-state index in [4.69, 9.17) is 4.52 Å². The van der Waals surface area contributed by atoms with Gasteiger partial charge < -0.3 is 19.6 Å². The van der Waals surface area contributed by atoms with E-state index >= 15 is 0 Å². The molecule has 0 aliphatic carbocycles. The van der Waals surface area contributed by atoms with E-state index in [1.807, 2.05) is 6.92 Å². The summed E-state index contributed by atoms with van der Waals surface area (Å²) in [5.41, 5.74) is 0.223. The summed E-state index contributed by atoms with van der Waals surface area (Å²) in [6.07, 6.45) is 1.68. The molecule has 0 aliphatic rings. The first kappa shape index (κ1) is 23.5. The lowest BCUT2D eigenvalue weighted by Gasteiger charge is -2.29. The average molecular weight is 420 g/mol. The van der Waals surface area contributed by atoms with Crippen LogP contribution in [0.3, 0.4) is 0 Å². The van der Waals surface area contributed by atoms with E-state index in [-0.39, 0.29) is 30.0 Å². The smallest absolute Gasteiger partial charge is 0.254 e. The number of carbonyl (C=O) groups is 2. The number of carbonyl (C=O) groups excluding carboxylic acids is 2. The molecule has 0 spiro atoms. The van der Waals surface area contributed by atoms with Crippen molar-refractivity contribution in [2.24, 2.45) is 0 Å². The van der Waals surface area contributed by atoms with Crippen molar-refractivity contribution in [3.63, 3.8) is 0 Å². The quantitative estimate of drug-likeness (QED) is 0.586. The van der Waals surface area contributed by atoms with Crippen LogP contribution in [-0.4, -0.2) is 54.1 Å². The zero-order valence-electron chi connectivity index (χ0n) is 18.2. The van der Waals surface area contributed by atoms with Gasteiger partial charge in [0.25, 0.3) is 5.91 Å². The first-order valence-electron chi connectivity index (χ1n) is 10.5. The summed E-state index contributed by atoms with van der Waals surface area (Å²) in [6.45, 7) is 10.9. The third-order valence-corrected chi connectivity index (χ3v) is 5.23. The minimum atomic E-state index is -0.485. The van der Waals surface area contributed by atoms with Gasteiger partial charge >= 0.3 is 0 Å². The normalized spacial score (nSPS) is 12.1. The number of rotatable bonds is 11. The second kappa shape index (κ2) is 11.4. The number of quaternary nitrogens is 1. The van der Waals surface area contributed by atoms with E-state index < -0.39 is 5.82 Å². The van der Waals surface area contributed by atoms with Crippen LogP contribution in [-0.2, 0) is 4.79 Å². The molecular weight excluding hydrogens is 387 g/mol. The Labute approximate surface area is 177 Å². The van der Waals surface area contributed by atoms with E-state index in [2.05, 4.69) is 24.3 Å². The van der Waals surface area contributed by atoms with Crippen molar-refractivity contribution in [1.82, 2.24) is 10.1 Å². The number of aromatic nitrogens is 1. The van der Waals surface area contributed by atoms with E-state index in [1.165, 1.54) is 28.0 Å². The molecule has 0 radical (unpaired) electrons. The van der Waals surface area contributed by atoms with E-state index in [0.717, 1.165) is 32.5 Å². The van der Waals surface area contributed by atoms with Crippen molar-refractivity contribution in [2.45, 2.75) is 46.6 Å². The number of nitrogens with zero attached hydrogens (tertiary/aromatic N) is 2. The Bertz CT molecular complexity index is 835. The zero-order chi connectivity index (χ0) is 22.1. The SMILES string of the molecule is CC[NH+](CC)CCC[C@H](C)N(CC(=O)Nc1cc(C)on1)C(=O)c1cccc(F)c1. The Morgan fingerprint density at radius 2 is 2.00 bits per heavy atom. The molecule has 0 unspecified atom stereocenters. The molecular formula is C22H32FN4O3+. The molecule has 2 N–H and O–H groups in total. The summed E-state index contributed by atoms with van der Waals surface area (Å²) in [7, 11) is 0. The molecule has 2 amide bonds. The number of hydrogen-bond donors (Lipinski definition) is 2. The molecule has 8 heteroatoms. The molecule has 0 saturated carbocycles. The standard InChI is InChI=1S/C22H31FN4O3/c1-5-26(6-2)12-8-9-16(3)27(22(29)18-10-7-11-19(23)14-18)15-21(28)24-20-13-17(4)30-25-20/h7,10-11,13-14,16H,5-6,8-9,12,15H2,1-4H3,(H,24,25,28)/p+1/t16-/m0/s1. The number of amides is 2. The molecule has 2 aromatic rings. The molecule has 0 bridgehead atoms. The van der Waals surface area contributed by atoms with Gasteiger partial charge in [0.1, 0.15) is 18.1 Å². The number of hydrogen-bond acceptors (Lipinski definition) is 4. The second-order valence-corrected chi connectivity index (χ2v) is 7.51. The van der Waals surface area contributed by atoms with E-state index in [9.17, 15) is 14.0 Å². The molecule has 7 nitrogen and oxygen atoms in total. The molecule has 0 saturated heterocycles. The maximum absolute atomic E-state index is 13.6. The molecule has 1 heterocycles. The lowest BCUT2D eigenvalue weighted by molar-refractivity contribution is -0.896. The lowest BCUT2D eigenvalue weighted by Crippen LogP contribution is -3.11. The van der Waals surface area contributed by atoms with Gasteiger partial charge in [-0.3, -0.25) is 9.59 Å². The minimum absolute atomic E-state index is 0.152. The number of benzene rings is 1. The van der Waals surface area contributed by atoms with Crippen molar-refractivity contribution in [2.75, 3.05) is 31.5 Å². The van der Waals surface area contributed by atoms with E-state index in [0.29, 0.717) is 11.6 Å². The van der Waals surface area contributed by atoms with Gasteiger partial charge in [-0.1, -0.05) is 11.2 Å². The molecule has 1 aromatic carbocycles. The van der Waals surface area contributed by atoms with E-state index in [1.54, 1.807) is 19.1 Å². The third kappa shape index (κ3) is 6.95. The highest BCUT2D eigenvalue weighted by Crippen LogP contribution is 2.14. The van der Waals surface area contributed by atoms with Crippen LogP contribution in [0, 0.1) is 12.7 Å². The Kier molecular flexibility index (Phi) is 8.98. The molecule has 164 valence electrons. The molecule has 0 fully saturated rings. The summed E-state index contributed by atoms with van der Waals surface area (Å²) in [4.78, 5) is 28.6. The van der Waals surface area contributed by atoms with Crippen molar-refractivity contribution in [3.8, 4) is 0 Å². The predicted octanol–water partition coefficient (Wildman–Crippen LogP) is 2.30. The summed E-state index contributed by atoms with van der Waals surface area (Å²) in [5.74, 6) is -0.363. The van der Waals surface area contributed by atoms with Gasteiger partial charge in [0.15, 0.2) is 5.82 Å². The van der Waals surface area contributed by atoms with Crippen molar-refractivity contribution in [1.29, 1.82) is 0 Å². The number of halogens is 1. The van der Waals surface area contributed by atoms with Crippen molar-refractivity contribution in [3.05, 3.63) is 47.5 Å². The monoisotopic (exact) mass is 419 g/mol. The van der Waals surface area contributed by atoms with Gasteiger partial charge in [0.2, 0.25) is 5.91 Å². The van der Waals surface area contributed by atoms with Gasteiger partial charge in [-0.05, 0) is 58.7 Å². The van der Waals surface area contributed by atoms with Crippen LogP contribution < -0.4 is 10.2 Å². The first-order valence-corrected chi connectivity index (χ1v) is 10.5. The van der Waals surface area contributed by atoms with Crippen LogP contribution in [0.1, 0.15) is 49.7 Å². The minimum Gasteiger partial charge on any atom is -0.360 e.